The lowest BCUT2D eigenvalue weighted by Crippen LogP contribution is -2.21. The molecule has 2 nitrogen and oxygen atoms in total. The summed E-state index contributed by atoms with van der Waals surface area (Å²) < 4.78 is 5.09. The van der Waals surface area contributed by atoms with Crippen LogP contribution in [0.1, 0.15) is 37.7 Å². The van der Waals surface area contributed by atoms with Gasteiger partial charge in [-0.1, -0.05) is 43.7 Å². The lowest BCUT2D eigenvalue weighted by Gasteiger charge is -2.17. The van der Waals surface area contributed by atoms with Gasteiger partial charge >= 0.3 is 0 Å². The van der Waals surface area contributed by atoms with E-state index in [2.05, 4.69) is 42.6 Å². The third-order valence-electron chi connectivity index (χ3n) is 3.06. The summed E-state index contributed by atoms with van der Waals surface area (Å²) in [6, 6.07) is 10.8. The van der Waals surface area contributed by atoms with Crippen LogP contribution >= 0.6 is 0 Å². The highest BCUT2D eigenvalue weighted by Gasteiger charge is 2.09. The molecule has 2 heteroatoms. The van der Waals surface area contributed by atoms with Crippen LogP contribution in [0.3, 0.4) is 0 Å². The van der Waals surface area contributed by atoms with Gasteiger partial charge in [-0.25, -0.2) is 0 Å². The maximum Gasteiger partial charge on any atom is 0.0462 e. The monoisotopic (exact) mass is 235 g/mol. The van der Waals surface area contributed by atoms with Crippen molar-refractivity contribution in [1.82, 2.24) is 5.32 Å². The Morgan fingerprint density at radius 1 is 1.18 bits per heavy atom. The highest BCUT2D eigenvalue weighted by molar-refractivity contribution is 5.19. The molecule has 0 saturated heterocycles. The predicted octanol–water partition coefficient (Wildman–Crippen LogP) is 3.20. The normalized spacial score (nSPS) is 12.6. The van der Waals surface area contributed by atoms with Crippen LogP contribution in [-0.4, -0.2) is 26.8 Å². The van der Waals surface area contributed by atoms with Gasteiger partial charge in [0.05, 0.1) is 0 Å². The number of likely N-dealkylation sites (N-methyl/N-ethyl adjacent to an activating group) is 1. The van der Waals surface area contributed by atoms with E-state index in [1.54, 1.807) is 7.11 Å². The molecule has 1 rings (SSSR count). The van der Waals surface area contributed by atoms with Gasteiger partial charge in [0.1, 0.15) is 0 Å². The maximum absolute atomic E-state index is 5.09. The number of ether oxygens (including phenoxy) is 1. The highest BCUT2D eigenvalue weighted by atomic mass is 16.5. The van der Waals surface area contributed by atoms with Crippen molar-refractivity contribution in [3.63, 3.8) is 0 Å². The largest absolute Gasteiger partial charge is 0.385 e. The van der Waals surface area contributed by atoms with Gasteiger partial charge in [-0.05, 0) is 30.9 Å². The van der Waals surface area contributed by atoms with Gasteiger partial charge in [-0.15, -0.1) is 0 Å². The molecule has 0 saturated carbocycles. The summed E-state index contributed by atoms with van der Waals surface area (Å²) in [6.07, 6.45) is 3.63. The van der Waals surface area contributed by atoms with Gasteiger partial charge in [0.25, 0.3) is 0 Å². The van der Waals surface area contributed by atoms with Crippen molar-refractivity contribution < 1.29 is 4.74 Å². The maximum atomic E-state index is 5.09. The molecule has 0 fully saturated rings. The number of hydrogen-bond donors (Lipinski definition) is 1. The Kier molecular flexibility index (Phi) is 7.69. The van der Waals surface area contributed by atoms with Crippen molar-refractivity contribution in [3.8, 4) is 0 Å². The number of hydrogen-bond acceptors (Lipinski definition) is 2. The van der Waals surface area contributed by atoms with E-state index in [0.29, 0.717) is 5.92 Å². The average molecular weight is 235 g/mol. The first kappa shape index (κ1) is 14.2. The van der Waals surface area contributed by atoms with Crippen LogP contribution in [-0.2, 0) is 4.74 Å². The second kappa shape index (κ2) is 9.20. The molecule has 0 radical (unpaired) electrons. The minimum Gasteiger partial charge on any atom is -0.385 e. The average Bonchev–Trinajstić information content (AvgIpc) is 2.39. The van der Waals surface area contributed by atoms with Crippen LogP contribution in [0, 0.1) is 0 Å². The molecule has 0 amide bonds. The molecule has 0 heterocycles. The van der Waals surface area contributed by atoms with E-state index in [9.17, 15) is 0 Å². The Hall–Kier alpha value is -0.860. The van der Waals surface area contributed by atoms with E-state index < -0.39 is 0 Å². The second-order valence-corrected chi connectivity index (χ2v) is 4.40. The van der Waals surface area contributed by atoms with E-state index in [4.69, 9.17) is 4.74 Å². The number of methoxy groups -OCH3 is 1. The molecule has 0 bridgehead atoms. The highest BCUT2D eigenvalue weighted by Crippen LogP contribution is 2.21. The predicted molar refractivity (Wildman–Crippen MR) is 73.5 cm³/mol. The van der Waals surface area contributed by atoms with E-state index in [1.807, 2.05) is 0 Å². The van der Waals surface area contributed by atoms with Gasteiger partial charge in [-0.3, -0.25) is 0 Å². The molecule has 1 atom stereocenters. The van der Waals surface area contributed by atoms with Crippen molar-refractivity contribution in [3.05, 3.63) is 35.9 Å². The summed E-state index contributed by atoms with van der Waals surface area (Å²) in [7, 11) is 1.77. The molecule has 1 aromatic rings. The third-order valence-corrected chi connectivity index (χ3v) is 3.06. The van der Waals surface area contributed by atoms with Crippen LogP contribution in [0.4, 0.5) is 0 Å². The quantitative estimate of drug-likeness (QED) is 0.664. The van der Waals surface area contributed by atoms with Crippen molar-refractivity contribution >= 4 is 0 Å². The first-order chi connectivity index (χ1) is 8.38. The fourth-order valence-electron chi connectivity index (χ4n) is 2.07. The molecule has 0 aliphatic carbocycles. The third kappa shape index (κ3) is 5.85. The number of nitrogens with one attached hydrogen (secondary N) is 1. The molecule has 0 spiro atoms. The summed E-state index contributed by atoms with van der Waals surface area (Å²) in [6.45, 7) is 5.16. The zero-order valence-corrected chi connectivity index (χ0v) is 11.1. The summed E-state index contributed by atoms with van der Waals surface area (Å²) in [4.78, 5) is 0. The first-order valence-corrected chi connectivity index (χ1v) is 6.63. The van der Waals surface area contributed by atoms with E-state index in [-0.39, 0.29) is 0 Å². The fourth-order valence-corrected chi connectivity index (χ4v) is 2.07. The number of unbranched alkanes of at least 4 members (excludes halogenated alkanes) is 1. The van der Waals surface area contributed by atoms with Gasteiger partial charge in [0, 0.05) is 20.3 Å². The first-order valence-electron chi connectivity index (χ1n) is 6.63. The minimum absolute atomic E-state index is 0.632. The molecule has 1 N–H and O–H groups in total. The molecular weight excluding hydrogens is 210 g/mol. The smallest absolute Gasteiger partial charge is 0.0462 e. The summed E-state index contributed by atoms with van der Waals surface area (Å²) in [5.41, 5.74) is 1.45. The molecule has 96 valence electrons. The Bertz CT molecular complexity index is 274. The number of rotatable bonds is 9. The number of benzene rings is 1. The molecule has 0 aliphatic heterocycles. The van der Waals surface area contributed by atoms with Gasteiger partial charge in [0.15, 0.2) is 0 Å². The Balaban J connectivity index is 2.43. The minimum atomic E-state index is 0.632. The zero-order chi connectivity index (χ0) is 12.3. The summed E-state index contributed by atoms with van der Waals surface area (Å²) >= 11 is 0. The van der Waals surface area contributed by atoms with Crippen molar-refractivity contribution in [1.29, 1.82) is 0 Å². The van der Waals surface area contributed by atoms with E-state index >= 15 is 0 Å². The van der Waals surface area contributed by atoms with Crippen LogP contribution in [0.25, 0.3) is 0 Å². The Morgan fingerprint density at radius 2 is 1.94 bits per heavy atom. The van der Waals surface area contributed by atoms with E-state index in [1.165, 1.54) is 18.4 Å². The van der Waals surface area contributed by atoms with Crippen LogP contribution < -0.4 is 5.32 Å². The SMILES string of the molecule is CCNCC(CCCCOC)c1ccccc1. The summed E-state index contributed by atoms with van der Waals surface area (Å²) in [5, 5.41) is 3.46. The van der Waals surface area contributed by atoms with Crippen molar-refractivity contribution in [2.75, 3.05) is 26.8 Å². The van der Waals surface area contributed by atoms with Gasteiger partial charge in [0.2, 0.25) is 0 Å². The topological polar surface area (TPSA) is 21.3 Å². The molecule has 1 unspecified atom stereocenters. The van der Waals surface area contributed by atoms with Crippen molar-refractivity contribution in [2.45, 2.75) is 32.1 Å². The standard InChI is InChI=1S/C15H25NO/c1-3-16-13-15(11-7-8-12-17-2)14-9-5-4-6-10-14/h4-6,9-10,15-16H,3,7-8,11-13H2,1-2H3. The van der Waals surface area contributed by atoms with Crippen LogP contribution in [0.2, 0.25) is 0 Å². The second-order valence-electron chi connectivity index (χ2n) is 4.40. The van der Waals surface area contributed by atoms with Crippen LogP contribution in [0.5, 0.6) is 0 Å². The van der Waals surface area contributed by atoms with Gasteiger partial charge in [-0.2, -0.15) is 0 Å². The molecule has 1 aromatic carbocycles. The lowest BCUT2D eigenvalue weighted by atomic mass is 9.93. The molecule has 0 aromatic heterocycles. The molecular formula is C15H25NO. The Morgan fingerprint density at radius 3 is 2.59 bits per heavy atom. The van der Waals surface area contributed by atoms with Crippen LogP contribution in [0.15, 0.2) is 30.3 Å². The molecule has 0 aliphatic rings. The fraction of sp³-hybridized carbons (Fsp3) is 0.600. The van der Waals surface area contributed by atoms with Gasteiger partial charge < -0.3 is 10.1 Å². The lowest BCUT2D eigenvalue weighted by molar-refractivity contribution is 0.191. The van der Waals surface area contributed by atoms with E-state index in [0.717, 1.165) is 26.1 Å². The van der Waals surface area contributed by atoms with Crippen molar-refractivity contribution in [2.24, 2.45) is 0 Å². The zero-order valence-electron chi connectivity index (χ0n) is 11.1. The Labute approximate surface area is 105 Å². The molecule has 17 heavy (non-hydrogen) atoms. The summed E-state index contributed by atoms with van der Waals surface area (Å²) in [5.74, 6) is 0.632.